The van der Waals surface area contributed by atoms with E-state index in [2.05, 4.69) is 5.32 Å². The van der Waals surface area contributed by atoms with Crippen molar-refractivity contribution in [3.05, 3.63) is 65.2 Å². The molecule has 2 nitrogen and oxygen atoms in total. The molecule has 0 aliphatic rings. The summed E-state index contributed by atoms with van der Waals surface area (Å²) >= 11 is 0. The van der Waals surface area contributed by atoms with Gasteiger partial charge in [-0.3, -0.25) is 0 Å². The van der Waals surface area contributed by atoms with Crippen LogP contribution in [-0.4, -0.2) is 6.54 Å². The molecule has 0 aliphatic heterocycles. The molecule has 0 spiro atoms. The lowest BCUT2D eigenvalue weighted by atomic mass is 10.1. The summed E-state index contributed by atoms with van der Waals surface area (Å²) in [5.74, 6) is -1.14. The normalized spacial score (nSPS) is 10.6. The van der Waals surface area contributed by atoms with Crippen LogP contribution in [-0.2, 0) is 13.2 Å². The fourth-order valence-electron chi connectivity index (χ4n) is 1.87. The van der Waals surface area contributed by atoms with E-state index in [9.17, 15) is 8.78 Å². The third kappa shape index (κ3) is 3.78. The molecule has 0 fully saturated rings. The lowest BCUT2D eigenvalue weighted by molar-refractivity contribution is 0.287. The molecule has 0 bridgehead atoms. The standard InChI is InChI=1S/C16H17F2NO/c1-2-19-10-12-5-3-4-6-13(12)11-20-16-9-14(17)7-8-15(16)18/h3-9,19H,2,10-11H2,1H3. The van der Waals surface area contributed by atoms with Gasteiger partial charge in [0.25, 0.3) is 0 Å². The summed E-state index contributed by atoms with van der Waals surface area (Å²) < 4.78 is 31.9. The Bertz CT molecular complexity index is 572. The molecule has 0 unspecified atom stereocenters. The molecule has 0 heterocycles. The second kappa shape index (κ2) is 7.01. The molecule has 20 heavy (non-hydrogen) atoms. The van der Waals surface area contributed by atoms with E-state index in [-0.39, 0.29) is 12.4 Å². The van der Waals surface area contributed by atoms with Crippen LogP contribution in [0.4, 0.5) is 8.78 Å². The second-order valence-electron chi connectivity index (χ2n) is 4.41. The number of benzene rings is 2. The van der Waals surface area contributed by atoms with Gasteiger partial charge in [0.15, 0.2) is 11.6 Å². The van der Waals surface area contributed by atoms with Crippen LogP contribution >= 0.6 is 0 Å². The van der Waals surface area contributed by atoms with Gasteiger partial charge in [0.05, 0.1) is 0 Å². The zero-order valence-corrected chi connectivity index (χ0v) is 11.3. The average molecular weight is 277 g/mol. The first kappa shape index (κ1) is 14.5. The van der Waals surface area contributed by atoms with Gasteiger partial charge in [0.2, 0.25) is 0 Å². The molecule has 0 amide bonds. The van der Waals surface area contributed by atoms with Gasteiger partial charge < -0.3 is 10.1 Å². The highest BCUT2D eigenvalue weighted by atomic mass is 19.1. The molecule has 2 rings (SSSR count). The van der Waals surface area contributed by atoms with Crippen molar-refractivity contribution < 1.29 is 13.5 Å². The lowest BCUT2D eigenvalue weighted by Crippen LogP contribution is -2.14. The molecule has 0 saturated heterocycles. The fourth-order valence-corrected chi connectivity index (χ4v) is 1.87. The minimum Gasteiger partial charge on any atom is -0.486 e. The van der Waals surface area contributed by atoms with Crippen LogP contribution in [0.2, 0.25) is 0 Å². The number of nitrogens with one attached hydrogen (secondary N) is 1. The van der Waals surface area contributed by atoms with Gasteiger partial charge in [-0.15, -0.1) is 0 Å². The molecule has 0 atom stereocenters. The topological polar surface area (TPSA) is 21.3 Å². The van der Waals surface area contributed by atoms with Crippen molar-refractivity contribution in [2.45, 2.75) is 20.1 Å². The molecular weight excluding hydrogens is 260 g/mol. The molecule has 4 heteroatoms. The summed E-state index contributed by atoms with van der Waals surface area (Å²) in [6.45, 7) is 3.83. The number of hydrogen-bond donors (Lipinski definition) is 1. The minimum absolute atomic E-state index is 0.0664. The SMILES string of the molecule is CCNCc1ccccc1COc1cc(F)ccc1F. The van der Waals surface area contributed by atoms with Crippen molar-refractivity contribution in [1.82, 2.24) is 5.32 Å². The number of halogens is 2. The summed E-state index contributed by atoms with van der Waals surface area (Å²) in [5.41, 5.74) is 2.04. The molecule has 106 valence electrons. The van der Waals surface area contributed by atoms with Crippen LogP contribution in [0.5, 0.6) is 5.75 Å². The van der Waals surface area contributed by atoms with Crippen LogP contribution in [0.3, 0.4) is 0 Å². The van der Waals surface area contributed by atoms with E-state index in [0.29, 0.717) is 0 Å². The van der Waals surface area contributed by atoms with Crippen molar-refractivity contribution in [1.29, 1.82) is 0 Å². The van der Waals surface area contributed by atoms with Gasteiger partial charge in [0, 0.05) is 12.6 Å². The van der Waals surface area contributed by atoms with E-state index in [0.717, 1.165) is 42.4 Å². The molecular formula is C16H17F2NO. The fraction of sp³-hybridized carbons (Fsp3) is 0.250. The van der Waals surface area contributed by atoms with Crippen molar-refractivity contribution in [3.63, 3.8) is 0 Å². The second-order valence-corrected chi connectivity index (χ2v) is 4.41. The first-order chi connectivity index (χ1) is 9.70. The third-order valence-electron chi connectivity index (χ3n) is 2.96. The van der Waals surface area contributed by atoms with E-state index in [1.807, 2.05) is 31.2 Å². The predicted octanol–water partition coefficient (Wildman–Crippen LogP) is 3.65. The van der Waals surface area contributed by atoms with Crippen molar-refractivity contribution in [2.24, 2.45) is 0 Å². The molecule has 1 N–H and O–H groups in total. The molecule has 2 aromatic rings. The van der Waals surface area contributed by atoms with Gasteiger partial charge >= 0.3 is 0 Å². The molecule has 0 aromatic heterocycles. The lowest BCUT2D eigenvalue weighted by Gasteiger charge is -2.12. The Hall–Kier alpha value is -1.94. The average Bonchev–Trinajstić information content (AvgIpc) is 2.47. The van der Waals surface area contributed by atoms with Crippen molar-refractivity contribution >= 4 is 0 Å². The Balaban J connectivity index is 2.08. The monoisotopic (exact) mass is 277 g/mol. The quantitative estimate of drug-likeness (QED) is 0.870. The maximum Gasteiger partial charge on any atom is 0.165 e. The van der Waals surface area contributed by atoms with Crippen LogP contribution in [0.1, 0.15) is 18.1 Å². The van der Waals surface area contributed by atoms with E-state index in [1.54, 1.807) is 0 Å². The Kier molecular flexibility index (Phi) is 5.07. The van der Waals surface area contributed by atoms with E-state index in [4.69, 9.17) is 4.74 Å². The van der Waals surface area contributed by atoms with Crippen LogP contribution in [0, 0.1) is 11.6 Å². The number of hydrogen-bond acceptors (Lipinski definition) is 2. The van der Waals surface area contributed by atoms with Crippen molar-refractivity contribution in [2.75, 3.05) is 6.54 Å². The molecule has 2 aromatic carbocycles. The largest absolute Gasteiger partial charge is 0.486 e. The predicted molar refractivity (Wildman–Crippen MR) is 74.5 cm³/mol. The van der Waals surface area contributed by atoms with Gasteiger partial charge in [-0.1, -0.05) is 31.2 Å². The van der Waals surface area contributed by atoms with E-state index < -0.39 is 11.6 Å². The summed E-state index contributed by atoms with van der Waals surface area (Å²) in [6.07, 6.45) is 0. The summed E-state index contributed by atoms with van der Waals surface area (Å²) in [7, 11) is 0. The van der Waals surface area contributed by atoms with Crippen LogP contribution in [0.25, 0.3) is 0 Å². The Morgan fingerprint density at radius 1 is 1.05 bits per heavy atom. The van der Waals surface area contributed by atoms with Gasteiger partial charge in [-0.25, -0.2) is 8.78 Å². The third-order valence-corrected chi connectivity index (χ3v) is 2.96. The van der Waals surface area contributed by atoms with Crippen LogP contribution < -0.4 is 10.1 Å². The minimum atomic E-state index is -0.560. The summed E-state index contributed by atoms with van der Waals surface area (Å²) in [6, 6.07) is 10.9. The number of ether oxygens (including phenoxy) is 1. The Morgan fingerprint density at radius 2 is 1.80 bits per heavy atom. The zero-order valence-electron chi connectivity index (χ0n) is 11.3. The molecule has 0 aliphatic carbocycles. The highest BCUT2D eigenvalue weighted by molar-refractivity contribution is 5.29. The Morgan fingerprint density at radius 3 is 2.55 bits per heavy atom. The summed E-state index contributed by atoms with van der Waals surface area (Å²) in [4.78, 5) is 0. The van der Waals surface area contributed by atoms with Crippen molar-refractivity contribution in [3.8, 4) is 5.75 Å². The molecule has 0 radical (unpaired) electrons. The maximum atomic E-state index is 13.5. The first-order valence-electron chi connectivity index (χ1n) is 6.56. The zero-order chi connectivity index (χ0) is 14.4. The smallest absolute Gasteiger partial charge is 0.165 e. The molecule has 0 saturated carbocycles. The first-order valence-corrected chi connectivity index (χ1v) is 6.56. The highest BCUT2D eigenvalue weighted by Gasteiger charge is 2.07. The van der Waals surface area contributed by atoms with Crippen LogP contribution in [0.15, 0.2) is 42.5 Å². The summed E-state index contributed by atoms with van der Waals surface area (Å²) in [5, 5.41) is 3.23. The van der Waals surface area contributed by atoms with Gasteiger partial charge in [-0.05, 0) is 29.8 Å². The van der Waals surface area contributed by atoms with Gasteiger partial charge in [-0.2, -0.15) is 0 Å². The number of rotatable bonds is 6. The van der Waals surface area contributed by atoms with E-state index >= 15 is 0 Å². The van der Waals surface area contributed by atoms with Gasteiger partial charge in [0.1, 0.15) is 12.4 Å². The highest BCUT2D eigenvalue weighted by Crippen LogP contribution is 2.20. The Labute approximate surface area is 117 Å². The maximum absolute atomic E-state index is 13.5. The van der Waals surface area contributed by atoms with E-state index in [1.165, 1.54) is 0 Å².